The van der Waals surface area contributed by atoms with Gasteiger partial charge in [-0.05, 0) is 20.0 Å². The summed E-state index contributed by atoms with van der Waals surface area (Å²) in [6.45, 7) is 2.52. The van der Waals surface area contributed by atoms with Crippen LogP contribution in [0.15, 0.2) is 18.2 Å². The van der Waals surface area contributed by atoms with Crippen LogP contribution < -0.4 is 0 Å². The number of hydrogen-bond donors (Lipinski definition) is 1. The van der Waals surface area contributed by atoms with Gasteiger partial charge in [0.25, 0.3) is 0 Å². The minimum absolute atomic E-state index is 0.0809. The number of aliphatic hydroxyl groups excluding tert-OH is 1. The van der Waals surface area contributed by atoms with E-state index in [-0.39, 0.29) is 12.1 Å². The molecule has 0 spiro atoms. The summed E-state index contributed by atoms with van der Waals surface area (Å²) in [5, 5.41) is 18.1. The Balaban J connectivity index is 2.01. The van der Waals surface area contributed by atoms with Gasteiger partial charge in [0.15, 0.2) is 0 Å². The standard InChI is InChI=1S/C14H18F2N4O/c1-9-17-18-14(20(9)3)8-19(2)7-13(21)11-5-4-10(15)6-12(11)16/h4-6,13,21H,7-8H2,1-3H3. The Bertz CT molecular complexity index is 629. The first-order chi connectivity index (χ1) is 9.88. The van der Waals surface area contributed by atoms with Gasteiger partial charge < -0.3 is 9.67 Å². The SMILES string of the molecule is Cc1nnc(CN(C)CC(O)c2ccc(F)cc2F)n1C. The number of likely N-dealkylation sites (N-methyl/N-ethyl adjacent to an activating group) is 1. The first-order valence-electron chi connectivity index (χ1n) is 6.55. The molecular weight excluding hydrogens is 278 g/mol. The number of aromatic nitrogens is 3. The Morgan fingerprint density at radius 2 is 2.05 bits per heavy atom. The molecule has 1 atom stereocenters. The highest BCUT2D eigenvalue weighted by Gasteiger charge is 2.17. The van der Waals surface area contributed by atoms with Crippen molar-refractivity contribution in [3.05, 3.63) is 47.0 Å². The molecule has 1 N–H and O–H groups in total. The van der Waals surface area contributed by atoms with Gasteiger partial charge in [-0.2, -0.15) is 0 Å². The summed E-state index contributed by atoms with van der Waals surface area (Å²) in [7, 11) is 3.64. The van der Waals surface area contributed by atoms with E-state index in [1.54, 1.807) is 11.9 Å². The Labute approximate surface area is 121 Å². The zero-order valence-corrected chi connectivity index (χ0v) is 12.2. The Kier molecular flexibility index (Phi) is 4.64. The molecule has 0 aliphatic rings. The number of benzene rings is 1. The molecule has 0 aliphatic heterocycles. The van der Waals surface area contributed by atoms with Gasteiger partial charge in [-0.15, -0.1) is 10.2 Å². The van der Waals surface area contributed by atoms with Gasteiger partial charge in [-0.25, -0.2) is 8.78 Å². The molecule has 0 bridgehead atoms. The van der Waals surface area contributed by atoms with Crippen molar-refractivity contribution in [1.29, 1.82) is 0 Å². The quantitative estimate of drug-likeness (QED) is 0.910. The van der Waals surface area contributed by atoms with Crippen LogP contribution in [-0.4, -0.2) is 38.4 Å². The fraction of sp³-hybridized carbons (Fsp3) is 0.429. The number of aryl methyl sites for hydroxylation is 1. The summed E-state index contributed by atoms with van der Waals surface area (Å²) in [5.74, 6) is 0.141. The van der Waals surface area contributed by atoms with Crippen molar-refractivity contribution in [3.63, 3.8) is 0 Å². The maximum Gasteiger partial charge on any atom is 0.146 e. The first kappa shape index (κ1) is 15.5. The van der Waals surface area contributed by atoms with E-state index in [1.165, 1.54) is 6.07 Å². The summed E-state index contributed by atoms with van der Waals surface area (Å²) in [6.07, 6.45) is -1.04. The van der Waals surface area contributed by atoms with Gasteiger partial charge in [-0.3, -0.25) is 4.90 Å². The van der Waals surface area contributed by atoms with Gasteiger partial charge in [0.1, 0.15) is 23.3 Å². The van der Waals surface area contributed by atoms with Crippen molar-refractivity contribution in [3.8, 4) is 0 Å². The van der Waals surface area contributed by atoms with Crippen LogP contribution in [0.25, 0.3) is 0 Å². The van der Waals surface area contributed by atoms with Gasteiger partial charge in [0.2, 0.25) is 0 Å². The Morgan fingerprint density at radius 3 is 2.62 bits per heavy atom. The molecule has 1 heterocycles. The van der Waals surface area contributed by atoms with Gasteiger partial charge in [0, 0.05) is 25.2 Å². The van der Waals surface area contributed by atoms with Crippen LogP contribution in [0.3, 0.4) is 0 Å². The van der Waals surface area contributed by atoms with Crippen LogP contribution in [0.5, 0.6) is 0 Å². The van der Waals surface area contributed by atoms with Crippen molar-refractivity contribution >= 4 is 0 Å². The molecule has 0 radical (unpaired) electrons. The first-order valence-corrected chi connectivity index (χ1v) is 6.55. The summed E-state index contributed by atoms with van der Waals surface area (Å²) in [4.78, 5) is 1.80. The van der Waals surface area contributed by atoms with Gasteiger partial charge >= 0.3 is 0 Å². The lowest BCUT2D eigenvalue weighted by molar-refractivity contribution is 0.118. The van der Waals surface area contributed by atoms with Crippen molar-refractivity contribution in [2.45, 2.75) is 19.6 Å². The molecule has 5 nitrogen and oxygen atoms in total. The van der Waals surface area contributed by atoms with E-state index in [0.29, 0.717) is 6.54 Å². The largest absolute Gasteiger partial charge is 0.387 e. The smallest absolute Gasteiger partial charge is 0.146 e. The van der Waals surface area contributed by atoms with E-state index in [2.05, 4.69) is 10.2 Å². The lowest BCUT2D eigenvalue weighted by Gasteiger charge is -2.20. The maximum absolute atomic E-state index is 13.6. The Morgan fingerprint density at radius 1 is 1.33 bits per heavy atom. The highest BCUT2D eigenvalue weighted by atomic mass is 19.1. The van der Waals surface area contributed by atoms with Crippen LogP contribution in [0.2, 0.25) is 0 Å². The fourth-order valence-electron chi connectivity index (χ4n) is 2.06. The average Bonchev–Trinajstić information content (AvgIpc) is 2.70. The Hall–Kier alpha value is -1.86. The second-order valence-corrected chi connectivity index (χ2v) is 5.10. The maximum atomic E-state index is 13.6. The number of rotatable bonds is 5. The van der Waals surface area contributed by atoms with E-state index in [9.17, 15) is 13.9 Å². The average molecular weight is 296 g/mol. The zero-order chi connectivity index (χ0) is 15.6. The van der Waals surface area contributed by atoms with Gasteiger partial charge in [-0.1, -0.05) is 6.07 Å². The number of nitrogens with zero attached hydrogens (tertiary/aromatic N) is 4. The van der Waals surface area contributed by atoms with Crippen LogP contribution >= 0.6 is 0 Å². The molecule has 0 aliphatic carbocycles. The third kappa shape index (κ3) is 3.62. The van der Waals surface area contributed by atoms with E-state index < -0.39 is 17.7 Å². The number of halogens is 2. The monoisotopic (exact) mass is 296 g/mol. The number of hydrogen-bond acceptors (Lipinski definition) is 4. The van der Waals surface area contributed by atoms with Crippen LogP contribution in [0.4, 0.5) is 8.78 Å². The molecule has 1 unspecified atom stereocenters. The summed E-state index contributed by atoms with van der Waals surface area (Å²) < 4.78 is 28.3. The minimum atomic E-state index is -1.04. The van der Waals surface area contributed by atoms with E-state index in [1.807, 2.05) is 18.5 Å². The van der Waals surface area contributed by atoms with Gasteiger partial charge in [0.05, 0.1) is 12.6 Å². The molecule has 0 saturated heterocycles. The topological polar surface area (TPSA) is 54.2 Å². The highest BCUT2D eigenvalue weighted by molar-refractivity contribution is 5.21. The normalized spacial score (nSPS) is 12.9. The molecule has 7 heteroatoms. The molecule has 2 rings (SSSR count). The predicted octanol–water partition coefficient (Wildman–Crippen LogP) is 1.57. The van der Waals surface area contributed by atoms with E-state index in [0.717, 1.165) is 23.8 Å². The van der Waals surface area contributed by atoms with Crippen molar-refractivity contribution in [1.82, 2.24) is 19.7 Å². The number of aliphatic hydroxyl groups is 1. The van der Waals surface area contributed by atoms with E-state index >= 15 is 0 Å². The highest BCUT2D eigenvalue weighted by Crippen LogP contribution is 2.19. The van der Waals surface area contributed by atoms with Crippen LogP contribution in [-0.2, 0) is 13.6 Å². The lowest BCUT2D eigenvalue weighted by atomic mass is 10.1. The summed E-state index contributed by atoms with van der Waals surface area (Å²) in [6, 6.07) is 3.16. The molecule has 0 fully saturated rings. The van der Waals surface area contributed by atoms with Crippen LogP contribution in [0.1, 0.15) is 23.3 Å². The molecule has 1 aromatic carbocycles. The lowest BCUT2D eigenvalue weighted by Crippen LogP contribution is -2.26. The predicted molar refractivity (Wildman–Crippen MR) is 73.4 cm³/mol. The molecule has 2 aromatic rings. The molecule has 21 heavy (non-hydrogen) atoms. The fourth-order valence-corrected chi connectivity index (χ4v) is 2.06. The summed E-state index contributed by atoms with van der Waals surface area (Å²) >= 11 is 0. The minimum Gasteiger partial charge on any atom is -0.387 e. The molecule has 0 amide bonds. The second kappa shape index (κ2) is 6.28. The third-order valence-electron chi connectivity index (χ3n) is 3.40. The molecule has 1 aromatic heterocycles. The van der Waals surface area contributed by atoms with Crippen molar-refractivity contribution in [2.75, 3.05) is 13.6 Å². The van der Waals surface area contributed by atoms with Crippen molar-refractivity contribution in [2.24, 2.45) is 7.05 Å². The molecular formula is C14H18F2N4O. The third-order valence-corrected chi connectivity index (χ3v) is 3.40. The van der Waals surface area contributed by atoms with E-state index in [4.69, 9.17) is 0 Å². The van der Waals surface area contributed by atoms with Crippen molar-refractivity contribution < 1.29 is 13.9 Å². The zero-order valence-electron chi connectivity index (χ0n) is 12.2. The second-order valence-electron chi connectivity index (χ2n) is 5.10. The molecule has 0 saturated carbocycles. The van der Waals surface area contributed by atoms with Crippen LogP contribution in [0, 0.1) is 18.6 Å². The molecule has 114 valence electrons. The summed E-state index contributed by atoms with van der Waals surface area (Å²) in [5.41, 5.74) is 0.0809.